The van der Waals surface area contributed by atoms with Crippen molar-refractivity contribution in [2.24, 2.45) is 5.73 Å². The smallest absolute Gasteiger partial charge is 0.133 e. The second-order valence-corrected chi connectivity index (χ2v) is 4.89. The van der Waals surface area contributed by atoms with Gasteiger partial charge in [-0.1, -0.05) is 0 Å². The van der Waals surface area contributed by atoms with Crippen LogP contribution in [0.1, 0.15) is 25.0 Å². The zero-order valence-electron chi connectivity index (χ0n) is 9.44. The fraction of sp³-hybridized carbons (Fsp3) is 0.500. The van der Waals surface area contributed by atoms with Crippen LogP contribution in [0, 0.1) is 11.6 Å². The van der Waals surface area contributed by atoms with Crippen molar-refractivity contribution < 1.29 is 13.5 Å². The van der Waals surface area contributed by atoms with Crippen molar-refractivity contribution in [2.45, 2.75) is 32.2 Å². The van der Waals surface area contributed by atoms with Crippen LogP contribution in [0.4, 0.5) is 8.78 Å². The second-order valence-electron chi connectivity index (χ2n) is 4.89. The van der Waals surface area contributed by atoms with Gasteiger partial charge in [-0.05, 0) is 20.3 Å². The minimum absolute atomic E-state index is 0.335. The van der Waals surface area contributed by atoms with Crippen LogP contribution in [0.15, 0.2) is 6.07 Å². The maximum atomic E-state index is 13.7. The third-order valence-electron chi connectivity index (χ3n) is 2.61. The van der Waals surface area contributed by atoms with Crippen LogP contribution in [0.5, 0.6) is 5.75 Å². The highest BCUT2D eigenvalue weighted by atomic mass is 19.1. The van der Waals surface area contributed by atoms with E-state index >= 15 is 0 Å². The maximum Gasteiger partial charge on any atom is 0.133 e. The van der Waals surface area contributed by atoms with Gasteiger partial charge in [0.25, 0.3) is 0 Å². The summed E-state index contributed by atoms with van der Waals surface area (Å²) in [5.41, 5.74) is 6.17. The van der Waals surface area contributed by atoms with E-state index in [2.05, 4.69) is 0 Å². The molecule has 1 heterocycles. The topological polar surface area (TPSA) is 35.2 Å². The van der Waals surface area contributed by atoms with Crippen molar-refractivity contribution in [3.8, 4) is 5.75 Å². The fourth-order valence-electron chi connectivity index (χ4n) is 1.97. The summed E-state index contributed by atoms with van der Waals surface area (Å²) >= 11 is 0. The van der Waals surface area contributed by atoms with E-state index in [9.17, 15) is 8.78 Å². The number of hydrogen-bond donors (Lipinski definition) is 1. The highest BCUT2D eigenvalue weighted by Crippen LogP contribution is 2.35. The lowest BCUT2D eigenvalue weighted by atomic mass is 9.93. The first-order valence-electron chi connectivity index (χ1n) is 5.30. The van der Waals surface area contributed by atoms with Gasteiger partial charge in [-0.3, -0.25) is 0 Å². The van der Waals surface area contributed by atoms with Crippen LogP contribution in [0.3, 0.4) is 0 Å². The maximum absolute atomic E-state index is 13.7. The van der Waals surface area contributed by atoms with E-state index in [1.807, 2.05) is 0 Å². The molecule has 0 bridgehead atoms. The number of rotatable bonds is 2. The van der Waals surface area contributed by atoms with E-state index in [4.69, 9.17) is 10.5 Å². The molecule has 2 N–H and O–H groups in total. The van der Waals surface area contributed by atoms with E-state index in [0.29, 0.717) is 36.3 Å². The lowest BCUT2D eigenvalue weighted by Gasteiger charge is -2.20. The summed E-state index contributed by atoms with van der Waals surface area (Å²) in [6, 6.07) is 0.925. The average Bonchev–Trinajstić information content (AvgIpc) is 2.59. The molecule has 4 heteroatoms. The molecule has 1 aliphatic rings. The average molecular weight is 227 g/mol. The molecule has 16 heavy (non-hydrogen) atoms. The highest BCUT2D eigenvalue weighted by Gasteiger charge is 2.26. The van der Waals surface area contributed by atoms with Crippen molar-refractivity contribution in [2.75, 3.05) is 6.61 Å². The molecule has 0 saturated carbocycles. The molecule has 0 unspecified atom stereocenters. The lowest BCUT2D eigenvalue weighted by Crippen LogP contribution is -2.35. The van der Waals surface area contributed by atoms with Gasteiger partial charge in [-0.15, -0.1) is 0 Å². The second kappa shape index (κ2) is 3.70. The van der Waals surface area contributed by atoms with Gasteiger partial charge < -0.3 is 10.5 Å². The largest absolute Gasteiger partial charge is 0.492 e. The molecule has 1 aromatic carbocycles. The first-order chi connectivity index (χ1) is 7.38. The third kappa shape index (κ3) is 2.02. The van der Waals surface area contributed by atoms with Crippen LogP contribution in [-0.4, -0.2) is 12.1 Å². The molecule has 0 aromatic heterocycles. The summed E-state index contributed by atoms with van der Waals surface area (Å²) in [4.78, 5) is 0. The van der Waals surface area contributed by atoms with Gasteiger partial charge in [0, 0.05) is 29.2 Å². The number of hydrogen-bond acceptors (Lipinski definition) is 2. The Kier molecular flexibility index (Phi) is 2.62. The zero-order valence-corrected chi connectivity index (χ0v) is 9.44. The van der Waals surface area contributed by atoms with Crippen LogP contribution in [0.25, 0.3) is 0 Å². The van der Waals surface area contributed by atoms with Gasteiger partial charge in [-0.25, -0.2) is 8.78 Å². The van der Waals surface area contributed by atoms with Gasteiger partial charge in [0.05, 0.1) is 6.61 Å². The Morgan fingerprint density at radius 3 is 2.69 bits per heavy atom. The Bertz CT molecular complexity index is 424. The van der Waals surface area contributed by atoms with Gasteiger partial charge in [0.1, 0.15) is 17.4 Å². The number of halogens is 2. The summed E-state index contributed by atoms with van der Waals surface area (Å²) in [6.45, 7) is 4.02. The monoisotopic (exact) mass is 227 g/mol. The molecular formula is C12H15F2NO. The van der Waals surface area contributed by atoms with Crippen molar-refractivity contribution >= 4 is 0 Å². The first kappa shape index (κ1) is 11.3. The van der Waals surface area contributed by atoms with Crippen molar-refractivity contribution in [3.63, 3.8) is 0 Å². The van der Waals surface area contributed by atoms with Crippen LogP contribution in [-0.2, 0) is 12.8 Å². The summed E-state index contributed by atoms with van der Waals surface area (Å²) < 4.78 is 32.4. The van der Waals surface area contributed by atoms with E-state index in [-0.39, 0.29) is 0 Å². The number of ether oxygens (including phenoxy) is 1. The van der Waals surface area contributed by atoms with Gasteiger partial charge >= 0.3 is 0 Å². The molecule has 1 aliphatic heterocycles. The standard InChI is InChI=1S/C12H15F2NO/c1-12(2,15)6-8-10(14)5-9(13)7-3-4-16-11(7)8/h5H,3-4,6,15H2,1-2H3. The fourth-order valence-corrected chi connectivity index (χ4v) is 1.97. The van der Waals surface area contributed by atoms with E-state index in [0.717, 1.165) is 6.07 Å². The molecule has 0 spiro atoms. The van der Waals surface area contributed by atoms with Crippen LogP contribution in [0.2, 0.25) is 0 Å². The predicted octanol–water partition coefficient (Wildman–Crippen LogP) is 2.18. The lowest BCUT2D eigenvalue weighted by molar-refractivity contribution is 0.346. The third-order valence-corrected chi connectivity index (χ3v) is 2.61. The summed E-state index contributed by atoms with van der Waals surface area (Å²) in [5, 5.41) is 0. The summed E-state index contributed by atoms with van der Waals surface area (Å²) in [6.07, 6.45) is 0.834. The van der Waals surface area contributed by atoms with Gasteiger partial charge in [0.15, 0.2) is 0 Å². The van der Waals surface area contributed by atoms with E-state index in [1.54, 1.807) is 13.8 Å². The molecular weight excluding hydrogens is 212 g/mol. The molecule has 2 rings (SSSR count). The Balaban J connectivity index is 2.49. The quantitative estimate of drug-likeness (QED) is 0.840. The molecule has 0 amide bonds. The van der Waals surface area contributed by atoms with Crippen molar-refractivity contribution in [3.05, 3.63) is 28.8 Å². The molecule has 0 radical (unpaired) electrons. The van der Waals surface area contributed by atoms with Gasteiger partial charge in [0.2, 0.25) is 0 Å². The van der Waals surface area contributed by atoms with Crippen LogP contribution < -0.4 is 10.5 Å². The first-order valence-corrected chi connectivity index (χ1v) is 5.30. The Hall–Kier alpha value is -1.16. The van der Waals surface area contributed by atoms with Crippen molar-refractivity contribution in [1.82, 2.24) is 0 Å². The number of benzene rings is 1. The normalized spacial score (nSPS) is 14.8. The molecule has 1 aromatic rings. The Labute approximate surface area is 93.4 Å². The Morgan fingerprint density at radius 2 is 2.06 bits per heavy atom. The Morgan fingerprint density at radius 1 is 1.38 bits per heavy atom. The molecule has 0 atom stereocenters. The van der Waals surface area contributed by atoms with Crippen LogP contribution >= 0.6 is 0 Å². The SMILES string of the molecule is CC(C)(N)Cc1c(F)cc(F)c2c1OCC2. The number of nitrogens with two attached hydrogens (primary N) is 1. The molecule has 0 saturated heterocycles. The highest BCUT2D eigenvalue weighted by molar-refractivity contribution is 5.46. The molecule has 0 fully saturated rings. The molecule has 88 valence electrons. The minimum atomic E-state index is -0.573. The molecule has 2 nitrogen and oxygen atoms in total. The molecule has 0 aliphatic carbocycles. The van der Waals surface area contributed by atoms with Gasteiger partial charge in [-0.2, -0.15) is 0 Å². The summed E-state index contributed by atoms with van der Waals surface area (Å²) in [7, 11) is 0. The minimum Gasteiger partial charge on any atom is -0.492 e. The predicted molar refractivity (Wildman–Crippen MR) is 57.5 cm³/mol. The van der Waals surface area contributed by atoms with E-state index in [1.165, 1.54) is 0 Å². The zero-order chi connectivity index (χ0) is 11.9. The van der Waals surface area contributed by atoms with Crippen molar-refractivity contribution in [1.29, 1.82) is 0 Å². The number of fused-ring (bicyclic) bond motifs is 1. The summed E-state index contributed by atoms with van der Waals surface area (Å²) in [5.74, 6) is -0.740. The van der Waals surface area contributed by atoms with E-state index < -0.39 is 17.2 Å².